The van der Waals surface area contributed by atoms with Crippen LogP contribution < -0.4 is 11.1 Å². The van der Waals surface area contributed by atoms with Gasteiger partial charge < -0.3 is 20.5 Å². The minimum absolute atomic E-state index is 0.111. The van der Waals surface area contributed by atoms with Crippen molar-refractivity contribution in [1.82, 2.24) is 9.97 Å². The number of hydrogen-bond acceptors (Lipinski definition) is 6. The van der Waals surface area contributed by atoms with Crippen molar-refractivity contribution >= 4 is 17.9 Å². The summed E-state index contributed by atoms with van der Waals surface area (Å²) in [5.41, 5.74) is 8.56. The lowest BCUT2D eigenvalue weighted by atomic mass is 9.97. The molecule has 0 saturated carbocycles. The summed E-state index contributed by atoms with van der Waals surface area (Å²) in [4.78, 5) is 21.0. The number of rotatable bonds is 6. The average Bonchev–Trinajstić information content (AvgIpc) is 2.71. The van der Waals surface area contributed by atoms with Crippen LogP contribution in [0.4, 0.5) is 10.3 Å². The van der Waals surface area contributed by atoms with Crippen molar-refractivity contribution < 1.29 is 18.7 Å². The molecule has 8 heteroatoms. The maximum absolute atomic E-state index is 13.5. The lowest BCUT2D eigenvalue weighted by Crippen LogP contribution is -2.48. The van der Waals surface area contributed by atoms with Gasteiger partial charge >= 0.3 is 0 Å². The molecule has 1 aromatic heterocycles. The van der Waals surface area contributed by atoms with Gasteiger partial charge in [-0.15, -0.1) is 0 Å². The van der Waals surface area contributed by atoms with E-state index in [1.807, 2.05) is 26.0 Å². The van der Waals surface area contributed by atoms with Gasteiger partial charge in [-0.1, -0.05) is 26.0 Å². The first-order chi connectivity index (χ1) is 14.6. The Labute approximate surface area is 181 Å². The SMILES string of the molecule is CNc1nc(-c2ccc(F)cc2)c(/C=C/[C@@H]2C[C@H](C(N)=O)OC(C)(C)O2)c(C(C)C)n1. The van der Waals surface area contributed by atoms with E-state index in [-0.39, 0.29) is 17.8 Å². The molecule has 0 unspecified atom stereocenters. The highest BCUT2D eigenvalue weighted by atomic mass is 19.1. The first-order valence-electron chi connectivity index (χ1n) is 10.3. The van der Waals surface area contributed by atoms with Gasteiger partial charge in [-0.2, -0.15) is 0 Å². The van der Waals surface area contributed by atoms with Crippen LogP contribution in [0, 0.1) is 5.82 Å². The summed E-state index contributed by atoms with van der Waals surface area (Å²) < 4.78 is 25.1. The highest BCUT2D eigenvalue weighted by Crippen LogP contribution is 2.32. The summed E-state index contributed by atoms with van der Waals surface area (Å²) in [5.74, 6) is -1.19. The van der Waals surface area contributed by atoms with Gasteiger partial charge in [0.1, 0.15) is 11.9 Å². The minimum atomic E-state index is -0.944. The van der Waals surface area contributed by atoms with Crippen molar-refractivity contribution in [2.45, 2.75) is 58.0 Å². The monoisotopic (exact) mass is 428 g/mol. The summed E-state index contributed by atoms with van der Waals surface area (Å²) >= 11 is 0. The van der Waals surface area contributed by atoms with E-state index in [1.165, 1.54) is 12.1 Å². The van der Waals surface area contributed by atoms with Crippen molar-refractivity contribution in [2.75, 3.05) is 12.4 Å². The molecule has 1 aliphatic heterocycles. The second kappa shape index (κ2) is 9.11. The van der Waals surface area contributed by atoms with Gasteiger partial charge in [0.05, 0.1) is 17.5 Å². The van der Waals surface area contributed by atoms with Gasteiger partial charge in [0.15, 0.2) is 5.79 Å². The fourth-order valence-electron chi connectivity index (χ4n) is 3.57. The molecule has 1 aliphatic rings. The van der Waals surface area contributed by atoms with Gasteiger partial charge in [0.25, 0.3) is 0 Å². The maximum Gasteiger partial charge on any atom is 0.246 e. The smallest absolute Gasteiger partial charge is 0.246 e. The molecule has 2 heterocycles. The molecule has 0 spiro atoms. The summed E-state index contributed by atoms with van der Waals surface area (Å²) in [6.45, 7) is 7.59. The summed E-state index contributed by atoms with van der Waals surface area (Å²) in [7, 11) is 1.76. The van der Waals surface area contributed by atoms with Crippen LogP contribution in [0.1, 0.15) is 51.3 Å². The minimum Gasteiger partial charge on any atom is -0.367 e. The van der Waals surface area contributed by atoms with E-state index in [4.69, 9.17) is 15.2 Å². The summed E-state index contributed by atoms with van der Waals surface area (Å²) in [6.07, 6.45) is 2.97. The van der Waals surface area contributed by atoms with Gasteiger partial charge in [0.2, 0.25) is 11.9 Å². The van der Waals surface area contributed by atoms with Gasteiger partial charge in [-0.05, 0) is 44.0 Å². The number of nitrogens with two attached hydrogens (primary N) is 1. The van der Waals surface area contributed by atoms with Crippen LogP contribution in [0.15, 0.2) is 30.3 Å². The lowest BCUT2D eigenvalue weighted by Gasteiger charge is -2.38. The predicted molar refractivity (Wildman–Crippen MR) is 118 cm³/mol. The third kappa shape index (κ3) is 5.45. The third-order valence-corrected chi connectivity index (χ3v) is 4.97. The standard InChI is InChI=1S/C23H29FN4O3/c1-13(2)19-17(11-10-16-12-18(21(25)29)31-23(3,4)30-16)20(28-22(26-5)27-19)14-6-8-15(24)9-7-14/h6-11,13,16,18H,12H2,1-5H3,(H2,25,29)(H,26,27,28)/b11-10+/t16-,18-/m1/s1. The molecule has 7 nitrogen and oxygen atoms in total. The Morgan fingerprint density at radius 1 is 1.26 bits per heavy atom. The zero-order chi connectivity index (χ0) is 22.8. The average molecular weight is 429 g/mol. The Kier molecular flexibility index (Phi) is 6.71. The second-order valence-electron chi connectivity index (χ2n) is 8.27. The van der Waals surface area contributed by atoms with E-state index in [9.17, 15) is 9.18 Å². The first-order valence-corrected chi connectivity index (χ1v) is 10.3. The van der Waals surface area contributed by atoms with Crippen molar-refractivity contribution in [3.8, 4) is 11.3 Å². The number of anilines is 1. The highest BCUT2D eigenvalue weighted by molar-refractivity contribution is 5.79. The number of carbonyl (C=O) groups excluding carboxylic acids is 1. The largest absolute Gasteiger partial charge is 0.367 e. The van der Waals surface area contributed by atoms with Crippen LogP contribution in [0.2, 0.25) is 0 Å². The normalized spacial score (nSPS) is 20.9. The molecule has 0 radical (unpaired) electrons. The summed E-state index contributed by atoms with van der Waals surface area (Å²) in [6, 6.07) is 6.19. The number of ether oxygens (including phenoxy) is 2. The lowest BCUT2D eigenvalue weighted by molar-refractivity contribution is -0.283. The molecule has 166 valence electrons. The quantitative estimate of drug-likeness (QED) is 0.725. The van der Waals surface area contributed by atoms with E-state index in [0.717, 1.165) is 16.8 Å². The number of nitrogens with one attached hydrogen (secondary N) is 1. The molecule has 1 fully saturated rings. The molecule has 31 heavy (non-hydrogen) atoms. The topological polar surface area (TPSA) is 99.4 Å². The van der Waals surface area contributed by atoms with Crippen molar-refractivity contribution in [2.24, 2.45) is 5.73 Å². The van der Waals surface area contributed by atoms with Crippen LogP contribution in [-0.2, 0) is 14.3 Å². The molecule has 3 N–H and O–H groups in total. The number of primary amides is 1. The number of hydrogen-bond donors (Lipinski definition) is 2. The zero-order valence-corrected chi connectivity index (χ0v) is 18.5. The predicted octanol–water partition coefficient (Wildman–Crippen LogP) is 3.86. The first kappa shape index (κ1) is 22.8. The van der Waals surface area contributed by atoms with Crippen LogP contribution in [0.25, 0.3) is 17.3 Å². The number of aromatic nitrogens is 2. The Bertz CT molecular complexity index is 974. The Morgan fingerprint density at radius 2 is 1.94 bits per heavy atom. The number of benzene rings is 1. The molecule has 1 amide bonds. The van der Waals surface area contributed by atoms with Gasteiger partial charge in [-0.25, -0.2) is 14.4 Å². The van der Waals surface area contributed by atoms with Crippen LogP contribution in [0.3, 0.4) is 0 Å². The Morgan fingerprint density at radius 3 is 2.52 bits per heavy atom. The van der Waals surface area contributed by atoms with Crippen LogP contribution in [0.5, 0.6) is 0 Å². The van der Waals surface area contributed by atoms with Gasteiger partial charge in [-0.3, -0.25) is 4.79 Å². The maximum atomic E-state index is 13.5. The van der Waals surface area contributed by atoms with E-state index in [0.29, 0.717) is 18.1 Å². The third-order valence-electron chi connectivity index (χ3n) is 4.97. The van der Waals surface area contributed by atoms with E-state index >= 15 is 0 Å². The van der Waals surface area contributed by atoms with Gasteiger partial charge in [0, 0.05) is 24.6 Å². The molecular formula is C23H29FN4O3. The van der Waals surface area contributed by atoms with Crippen molar-refractivity contribution in [3.63, 3.8) is 0 Å². The molecule has 0 aliphatic carbocycles. The molecular weight excluding hydrogens is 399 g/mol. The molecule has 3 rings (SSSR count). The highest BCUT2D eigenvalue weighted by Gasteiger charge is 2.37. The summed E-state index contributed by atoms with van der Waals surface area (Å²) in [5, 5.41) is 2.99. The van der Waals surface area contributed by atoms with E-state index in [1.54, 1.807) is 33.0 Å². The number of amides is 1. The molecule has 1 aromatic carbocycles. The van der Waals surface area contributed by atoms with E-state index in [2.05, 4.69) is 15.3 Å². The second-order valence-corrected chi connectivity index (χ2v) is 8.27. The fourth-order valence-corrected chi connectivity index (χ4v) is 3.57. The zero-order valence-electron chi connectivity index (χ0n) is 18.5. The fraction of sp³-hybridized carbons (Fsp3) is 0.435. The Hall–Kier alpha value is -2.84. The number of nitrogens with zero attached hydrogens (tertiary/aromatic N) is 2. The van der Waals surface area contributed by atoms with Crippen LogP contribution >= 0.6 is 0 Å². The van der Waals surface area contributed by atoms with E-state index < -0.39 is 17.8 Å². The number of carbonyl (C=O) groups is 1. The molecule has 0 bridgehead atoms. The van der Waals surface area contributed by atoms with Crippen LogP contribution in [-0.4, -0.2) is 40.9 Å². The van der Waals surface area contributed by atoms with Crippen molar-refractivity contribution in [3.05, 3.63) is 47.4 Å². The Balaban J connectivity index is 2.06. The molecule has 2 aromatic rings. The van der Waals surface area contributed by atoms with Crippen molar-refractivity contribution in [1.29, 1.82) is 0 Å². The number of halogens is 1. The molecule has 1 saturated heterocycles. The molecule has 2 atom stereocenters.